The van der Waals surface area contributed by atoms with E-state index in [-0.39, 0.29) is 0 Å². The Kier molecular flexibility index (Phi) is 4.89. The van der Waals surface area contributed by atoms with E-state index in [0.29, 0.717) is 5.69 Å². The highest BCUT2D eigenvalue weighted by Gasteiger charge is 2.18. The second-order valence-electron chi connectivity index (χ2n) is 10.1. The first-order valence-corrected chi connectivity index (χ1v) is 13.4. The summed E-state index contributed by atoms with van der Waals surface area (Å²) in [6.45, 7) is 7.83. The van der Waals surface area contributed by atoms with Crippen LogP contribution in [0.3, 0.4) is 0 Å². The molecule has 2 aromatic heterocycles. The fraction of sp³-hybridized carbons (Fsp3) is 0. The van der Waals surface area contributed by atoms with Crippen LogP contribution >= 0.6 is 0 Å². The summed E-state index contributed by atoms with van der Waals surface area (Å²) >= 11 is 0. The number of hydrogen-bond acceptors (Lipinski definition) is 0. The van der Waals surface area contributed by atoms with Crippen molar-refractivity contribution < 1.29 is 0 Å². The van der Waals surface area contributed by atoms with E-state index in [0.717, 1.165) is 33.5 Å². The van der Waals surface area contributed by atoms with Crippen LogP contribution in [-0.4, -0.2) is 9.13 Å². The molecule has 6 aromatic carbocycles. The van der Waals surface area contributed by atoms with Gasteiger partial charge in [0.1, 0.15) is 0 Å². The van der Waals surface area contributed by atoms with E-state index in [1.165, 1.54) is 32.6 Å². The molecule has 186 valence electrons. The minimum absolute atomic E-state index is 0.640. The van der Waals surface area contributed by atoms with Crippen LogP contribution in [0.4, 0.5) is 5.69 Å². The van der Waals surface area contributed by atoms with Crippen molar-refractivity contribution in [3.63, 3.8) is 0 Å². The SMILES string of the molecule is [C-]#[N+]c1ccccc1-n1c2ccccc2c2ccc(-c3ccccc3-n3c4ccccc4c4ccccc43)cc21. The van der Waals surface area contributed by atoms with Crippen molar-refractivity contribution in [3.05, 3.63) is 151 Å². The maximum atomic E-state index is 7.83. The van der Waals surface area contributed by atoms with E-state index in [1.54, 1.807) is 0 Å². The Bertz CT molecular complexity index is 2240. The summed E-state index contributed by atoms with van der Waals surface area (Å²) in [6.07, 6.45) is 0. The lowest BCUT2D eigenvalue weighted by atomic mass is 10.0. The summed E-state index contributed by atoms with van der Waals surface area (Å²) in [5, 5.41) is 4.85. The van der Waals surface area contributed by atoms with Crippen LogP contribution < -0.4 is 0 Å². The van der Waals surface area contributed by atoms with Crippen molar-refractivity contribution in [2.75, 3.05) is 0 Å². The van der Waals surface area contributed by atoms with Crippen molar-refractivity contribution in [3.8, 4) is 22.5 Å². The number of rotatable bonds is 3. The van der Waals surface area contributed by atoms with Gasteiger partial charge in [0, 0.05) is 27.1 Å². The maximum Gasteiger partial charge on any atom is 0.210 e. The highest BCUT2D eigenvalue weighted by molar-refractivity contribution is 6.12. The van der Waals surface area contributed by atoms with Crippen LogP contribution in [0.1, 0.15) is 0 Å². The first-order valence-electron chi connectivity index (χ1n) is 13.4. The highest BCUT2D eigenvalue weighted by atomic mass is 15.0. The van der Waals surface area contributed by atoms with Gasteiger partial charge in [-0.25, -0.2) is 4.85 Å². The number of fused-ring (bicyclic) bond motifs is 6. The van der Waals surface area contributed by atoms with Gasteiger partial charge in [0.05, 0.1) is 40.0 Å². The van der Waals surface area contributed by atoms with Gasteiger partial charge in [-0.05, 0) is 42.0 Å². The molecule has 0 radical (unpaired) electrons. The highest BCUT2D eigenvalue weighted by Crippen LogP contribution is 2.40. The quantitative estimate of drug-likeness (QED) is 0.210. The van der Waals surface area contributed by atoms with Gasteiger partial charge < -0.3 is 9.13 Å². The lowest BCUT2D eigenvalue weighted by Gasteiger charge is -2.15. The molecule has 2 heterocycles. The van der Waals surface area contributed by atoms with Crippen molar-refractivity contribution in [2.45, 2.75) is 0 Å². The molecule has 8 aromatic rings. The molecular weight excluding hydrogens is 486 g/mol. The Morgan fingerprint density at radius 3 is 1.52 bits per heavy atom. The standard InChI is InChI=1S/C37H23N3/c1-38-31-16-6-11-21-36(31)40-35-20-10-5-15-29(35)30-23-22-25(24-37(30)40)26-12-2-7-17-32(26)39-33-18-8-3-13-27(33)28-14-4-9-19-34(28)39/h2-24H. The van der Waals surface area contributed by atoms with Crippen LogP contribution in [0.15, 0.2) is 140 Å². The van der Waals surface area contributed by atoms with Crippen molar-refractivity contribution in [1.29, 1.82) is 0 Å². The summed E-state index contributed by atoms with van der Waals surface area (Å²) in [4.78, 5) is 3.85. The van der Waals surface area contributed by atoms with Gasteiger partial charge in [0.2, 0.25) is 5.69 Å². The van der Waals surface area contributed by atoms with Crippen LogP contribution in [-0.2, 0) is 0 Å². The molecule has 8 rings (SSSR count). The first kappa shape index (κ1) is 22.4. The average Bonchev–Trinajstić information content (AvgIpc) is 3.53. The molecule has 0 aliphatic rings. The third-order valence-corrected chi connectivity index (χ3v) is 7.95. The Balaban J connectivity index is 1.44. The Labute approximate surface area is 231 Å². The third kappa shape index (κ3) is 3.17. The van der Waals surface area contributed by atoms with Gasteiger partial charge in [-0.3, -0.25) is 0 Å². The lowest BCUT2D eigenvalue weighted by Crippen LogP contribution is -1.97. The molecule has 0 amide bonds. The molecule has 0 bridgehead atoms. The van der Waals surface area contributed by atoms with E-state index in [4.69, 9.17) is 6.57 Å². The molecule has 3 nitrogen and oxygen atoms in total. The number of nitrogens with zero attached hydrogens (tertiary/aromatic N) is 3. The van der Waals surface area contributed by atoms with Gasteiger partial charge in [0.25, 0.3) is 0 Å². The fourth-order valence-electron chi connectivity index (χ4n) is 6.24. The van der Waals surface area contributed by atoms with Crippen molar-refractivity contribution >= 4 is 49.3 Å². The number of hydrogen-bond donors (Lipinski definition) is 0. The lowest BCUT2D eigenvalue weighted by molar-refractivity contribution is 1.18. The topological polar surface area (TPSA) is 14.2 Å². The van der Waals surface area contributed by atoms with E-state index in [1.807, 2.05) is 24.3 Å². The zero-order valence-corrected chi connectivity index (χ0v) is 21.6. The molecule has 0 spiro atoms. The molecule has 0 aliphatic heterocycles. The van der Waals surface area contributed by atoms with Crippen LogP contribution in [0.2, 0.25) is 0 Å². The van der Waals surface area contributed by atoms with Gasteiger partial charge >= 0.3 is 0 Å². The van der Waals surface area contributed by atoms with E-state index >= 15 is 0 Å². The molecular formula is C37H23N3. The Morgan fingerprint density at radius 1 is 0.425 bits per heavy atom. The van der Waals surface area contributed by atoms with Gasteiger partial charge in [0.15, 0.2) is 0 Å². The fourth-order valence-corrected chi connectivity index (χ4v) is 6.24. The van der Waals surface area contributed by atoms with Crippen LogP contribution in [0.5, 0.6) is 0 Å². The zero-order chi connectivity index (χ0) is 26.6. The third-order valence-electron chi connectivity index (χ3n) is 7.95. The molecule has 0 saturated heterocycles. The van der Waals surface area contributed by atoms with Crippen molar-refractivity contribution in [1.82, 2.24) is 9.13 Å². The van der Waals surface area contributed by atoms with E-state index in [9.17, 15) is 0 Å². The minimum atomic E-state index is 0.640. The summed E-state index contributed by atoms with van der Waals surface area (Å²) in [5.41, 5.74) is 9.55. The summed E-state index contributed by atoms with van der Waals surface area (Å²) in [6, 6.07) is 49.0. The van der Waals surface area contributed by atoms with Crippen LogP contribution in [0, 0.1) is 6.57 Å². The summed E-state index contributed by atoms with van der Waals surface area (Å²) in [5.74, 6) is 0. The molecule has 0 saturated carbocycles. The monoisotopic (exact) mass is 509 g/mol. The Hall–Kier alpha value is -5.59. The predicted molar refractivity (Wildman–Crippen MR) is 167 cm³/mol. The molecule has 3 heteroatoms. The van der Waals surface area contributed by atoms with Gasteiger partial charge in [-0.15, -0.1) is 0 Å². The molecule has 0 N–H and O–H groups in total. The van der Waals surface area contributed by atoms with Gasteiger partial charge in [-0.1, -0.05) is 103 Å². The number of para-hydroxylation sites is 6. The van der Waals surface area contributed by atoms with E-state index in [2.05, 4.69) is 129 Å². The molecule has 0 fully saturated rings. The van der Waals surface area contributed by atoms with Crippen LogP contribution in [0.25, 0.3) is 71.0 Å². The van der Waals surface area contributed by atoms with Gasteiger partial charge in [-0.2, -0.15) is 0 Å². The summed E-state index contributed by atoms with van der Waals surface area (Å²) < 4.78 is 4.62. The van der Waals surface area contributed by atoms with Crippen molar-refractivity contribution in [2.24, 2.45) is 0 Å². The zero-order valence-electron chi connectivity index (χ0n) is 21.6. The normalized spacial score (nSPS) is 11.5. The maximum absolute atomic E-state index is 7.83. The minimum Gasteiger partial charge on any atom is -0.319 e. The molecule has 0 atom stereocenters. The second-order valence-corrected chi connectivity index (χ2v) is 10.1. The molecule has 0 unspecified atom stereocenters. The number of aromatic nitrogens is 2. The second kappa shape index (κ2) is 8.73. The largest absolute Gasteiger partial charge is 0.319 e. The molecule has 0 aliphatic carbocycles. The summed E-state index contributed by atoms with van der Waals surface area (Å²) in [7, 11) is 0. The smallest absolute Gasteiger partial charge is 0.210 e. The average molecular weight is 510 g/mol. The first-order chi connectivity index (χ1) is 19.8. The molecule has 40 heavy (non-hydrogen) atoms. The van der Waals surface area contributed by atoms with E-state index < -0.39 is 0 Å². The Morgan fingerprint density at radius 2 is 0.900 bits per heavy atom. The predicted octanol–water partition coefficient (Wildman–Crippen LogP) is 10.1. The number of benzene rings is 6.